The van der Waals surface area contributed by atoms with Gasteiger partial charge in [-0.05, 0) is 18.8 Å². The zero-order valence-corrected chi connectivity index (χ0v) is 11.7. The molecule has 0 amide bonds. The van der Waals surface area contributed by atoms with E-state index in [-0.39, 0.29) is 11.7 Å². The first-order valence-corrected chi connectivity index (χ1v) is 6.53. The Kier molecular flexibility index (Phi) is 4.26. The highest BCUT2D eigenvalue weighted by Crippen LogP contribution is 2.52. The summed E-state index contributed by atoms with van der Waals surface area (Å²) in [5, 5.41) is -0.477. The summed E-state index contributed by atoms with van der Waals surface area (Å²) in [6.07, 6.45) is 1.29. The summed E-state index contributed by atoms with van der Waals surface area (Å²) < 4.78 is -1.38. The lowest BCUT2D eigenvalue weighted by atomic mass is 9.80. The molecule has 1 nitrogen and oxygen atoms in total. The molecule has 88 valence electrons. The maximum Gasteiger partial charge on any atom is 0.160 e. The van der Waals surface area contributed by atoms with Crippen molar-refractivity contribution in [1.82, 2.24) is 0 Å². The van der Waals surface area contributed by atoms with Crippen LogP contribution in [0, 0.1) is 5.92 Å². The van der Waals surface area contributed by atoms with Gasteiger partial charge in [0.25, 0.3) is 0 Å². The van der Waals surface area contributed by atoms with E-state index in [1.165, 1.54) is 0 Å². The molecule has 0 saturated heterocycles. The van der Waals surface area contributed by atoms with Gasteiger partial charge in [-0.2, -0.15) is 0 Å². The van der Waals surface area contributed by atoms with E-state index in [0.29, 0.717) is 19.3 Å². The van der Waals surface area contributed by atoms with Gasteiger partial charge in [0.2, 0.25) is 0 Å². The van der Waals surface area contributed by atoms with E-state index in [2.05, 4.69) is 0 Å². The molecule has 2 unspecified atom stereocenters. The van der Waals surface area contributed by atoms with Gasteiger partial charge in [0.05, 0.1) is 5.38 Å². The minimum absolute atomic E-state index is 0.0974. The smallest absolute Gasteiger partial charge is 0.160 e. The second kappa shape index (κ2) is 4.60. The summed E-state index contributed by atoms with van der Waals surface area (Å²) in [6, 6.07) is 0. The van der Waals surface area contributed by atoms with Gasteiger partial charge in [-0.15, -0.1) is 23.2 Å². The SMILES string of the molecule is CC(C)CC1(Cl)C(=O)CCC(Cl)C1(Cl)Cl. The number of Topliss-reactive ketones (excluding diaryl/α,β-unsaturated/α-hetero) is 1. The fourth-order valence-corrected chi connectivity index (χ4v) is 3.35. The highest BCUT2D eigenvalue weighted by molar-refractivity contribution is 6.60. The van der Waals surface area contributed by atoms with Crippen LogP contribution < -0.4 is 0 Å². The summed E-state index contributed by atoms with van der Waals surface area (Å²) in [5.74, 6) is 0.144. The first-order valence-electron chi connectivity index (χ1n) is 4.96. The Labute approximate surface area is 110 Å². The van der Waals surface area contributed by atoms with Crippen LogP contribution in [0.25, 0.3) is 0 Å². The highest BCUT2D eigenvalue weighted by Gasteiger charge is 2.59. The molecule has 0 heterocycles. The van der Waals surface area contributed by atoms with Gasteiger partial charge < -0.3 is 0 Å². The molecule has 1 aliphatic rings. The lowest BCUT2D eigenvalue weighted by Crippen LogP contribution is -2.57. The van der Waals surface area contributed by atoms with Crippen LogP contribution in [0.3, 0.4) is 0 Å². The minimum atomic E-state index is -1.38. The second-order valence-electron chi connectivity index (χ2n) is 4.45. The second-order valence-corrected chi connectivity index (χ2v) is 7.01. The van der Waals surface area contributed by atoms with Crippen molar-refractivity contribution in [2.45, 2.75) is 47.7 Å². The van der Waals surface area contributed by atoms with Crippen LogP contribution in [-0.2, 0) is 4.79 Å². The number of carbonyl (C=O) groups is 1. The summed E-state index contributed by atoms with van der Waals surface area (Å²) in [4.78, 5) is 10.6. The third kappa shape index (κ3) is 2.41. The molecule has 1 rings (SSSR count). The molecule has 2 atom stereocenters. The van der Waals surface area contributed by atoms with E-state index >= 15 is 0 Å². The molecule has 0 spiro atoms. The van der Waals surface area contributed by atoms with Crippen molar-refractivity contribution in [1.29, 1.82) is 0 Å². The van der Waals surface area contributed by atoms with Gasteiger partial charge in [-0.25, -0.2) is 0 Å². The number of rotatable bonds is 2. The van der Waals surface area contributed by atoms with Gasteiger partial charge in [0, 0.05) is 6.42 Å². The Hall–Kier alpha value is 0.830. The summed E-state index contributed by atoms with van der Waals surface area (Å²) in [6.45, 7) is 3.94. The van der Waals surface area contributed by atoms with E-state index in [4.69, 9.17) is 46.4 Å². The molecule has 1 aliphatic carbocycles. The van der Waals surface area contributed by atoms with Gasteiger partial charge >= 0.3 is 0 Å². The fraction of sp³-hybridized carbons (Fsp3) is 0.900. The van der Waals surface area contributed by atoms with E-state index in [0.717, 1.165) is 0 Å². The van der Waals surface area contributed by atoms with Crippen molar-refractivity contribution in [3.63, 3.8) is 0 Å². The normalized spacial score (nSPS) is 35.9. The van der Waals surface area contributed by atoms with Crippen molar-refractivity contribution < 1.29 is 4.79 Å². The van der Waals surface area contributed by atoms with Crippen LogP contribution >= 0.6 is 46.4 Å². The Morgan fingerprint density at radius 3 is 2.40 bits per heavy atom. The number of ketones is 1. The minimum Gasteiger partial charge on any atom is -0.298 e. The molecule has 1 saturated carbocycles. The Balaban J connectivity index is 3.03. The Morgan fingerprint density at radius 1 is 1.40 bits per heavy atom. The standard InChI is InChI=1S/C10H14Cl4O/c1-6(2)5-9(12)8(15)4-3-7(11)10(9,13)14/h6-7H,3-5H2,1-2H3. The fourth-order valence-electron chi connectivity index (χ4n) is 1.88. The quantitative estimate of drug-likeness (QED) is 0.699. The van der Waals surface area contributed by atoms with Gasteiger partial charge in [0.15, 0.2) is 10.1 Å². The third-order valence-corrected chi connectivity index (χ3v) is 5.48. The van der Waals surface area contributed by atoms with Crippen molar-refractivity contribution in [3.05, 3.63) is 0 Å². The molecule has 0 aromatic carbocycles. The van der Waals surface area contributed by atoms with Gasteiger partial charge in [-0.1, -0.05) is 37.0 Å². The van der Waals surface area contributed by atoms with Crippen LogP contribution in [0.2, 0.25) is 0 Å². The lowest BCUT2D eigenvalue weighted by molar-refractivity contribution is -0.123. The molecule has 0 N–H and O–H groups in total. The molecule has 0 radical (unpaired) electrons. The predicted molar refractivity (Wildman–Crippen MR) is 66.4 cm³/mol. The van der Waals surface area contributed by atoms with Crippen molar-refractivity contribution in [2.75, 3.05) is 0 Å². The van der Waals surface area contributed by atoms with E-state index < -0.39 is 14.6 Å². The van der Waals surface area contributed by atoms with E-state index in [9.17, 15) is 4.79 Å². The number of carbonyl (C=O) groups excluding carboxylic acids is 1. The third-order valence-electron chi connectivity index (χ3n) is 2.68. The van der Waals surface area contributed by atoms with Crippen LogP contribution in [0.5, 0.6) is 0 Å². The first-order chi connectivity index (χ1) is 6.72. The van der Waals surface area contributed by atoms with Crippen molar-refractivity contribution in [2.24, 2.45) is 5.92 Å². The molecule has 15 heavy (non-hydrogen) atoms. The van der Waals surface area contributed by atoms with Gasteiger partial charge in [0.1, 0.15) is 4.87 Å². The van der Waals surface area contributed by atoms with E-state index in [1.54, 1.807) is 0 Å². The molecular weight excluding hydrogens is 278 g/mol. The predicted octanol–water partition coefficient (Wildman–Crippen LogP) is 4.15. The van der Waals surface area contributed by atoms with Crippen molar-refractivity contribution in [3.8, 4) is 0 Å². The Bertz CT molecular complexity index is 264. The first kappa shape index (κ1) is 13.9. The van der Waals surface area contributed by atoms with Crippen LogP contribution in [0.1, 0.15) is 33.1 Å². The Morgan fingerprint density at radius 2 is 1.93 bits per heavy atom. The summed E-state index contributed by atoms with van der Waals surface area (Å²) >= 11 is 24.6. The molecule has 0 aromatic rings. The zero-order valence-electron chi connectivity index (χ0n) is 8.70. The average molecular weight is 292 g/mol. The topological polar surface area (TPSA) is 17.1 Å². The largest absolute Gasteiger partial charge is 0.298 e. The van der Waals surface area contributed by atoms with Crippen LogP contribution in [0.4, 0.5) is 0 Å². The van der Waals surface area contributed by atoms with Gasteiger partial charge in [-0.3, -0.25) is 4.79 Å². The number of halogens is 4. The molecule has 5 heteroatoms. The highest BCUT2D eigenvalue weighted by atomic mass is 35.5. The van der Waals surface area contributed by atoms with Crippen LogP contribution in [0.15, 0.2) is 0 Å². The number of alkyl halides is 4. The monoisotopic (exact) mass is 290 g/mol. The van der Waals surface area contributed by atoms with Crippen molar-refractivity contribution >= 4 is 52.2 Å². The molecule has 1 fully saturated rings. The number of hydrogen-bond donors (Lipinski definition) is 0. The summed E-state index contributed by atoms with van der Waals surface area (Å²) in [7, 11) is 0. The maximum atomic E-state index is 11.9. The molecular formula is C10H14Cl4O. The van der Waals surface area contributed by atoms with Crippen LogP contribution in [-0.4, -0.2) is 20.4 Å². The maximum absolute atomic E-state index is 11.9. The number of hydrogen-bond acceptors (Lipinski definition) is 1. The average Bonchev–Trinajstić information content (AvgIpc) is 2.09. The zero-order chi connectivity index (χ0) is 11.9. The molecule has 0 bridgehead atoms. The van der Waals surface area contributed by atoms with E-state index in [1.807, 2.05) is 13.8 Å². The molecule has 0 aromatic heterocycles. The summed E-state index contributed by atoms with van der Waals surface area (Å²) in [5.41, 5.74) is 0. The molecule has 0 aliphatic heterocycles. The lowest BCUT2D eigenvalue weighted by Gasteiger charge is -2.44.